The van der Waals surface area contributed by atoms with E-state index >= 15 is 0 Å². The van der Waals surface area contributed by atoms with Crippen molar-refractivity contribution in [3.63, 3.8) is 0 Å². The number of halogens is 1. The van der Waals surface area contributed by atoms with Gasteiger partial charge < -0.3 is 9.73 Å². The normalized spacial score (nSPS) is 18.7. The monoisotopic (exact) mass is 271 g/mol. The van der Waals surface area contributed by atoms with Crippen LogP contribution in [0.3, 0.4) is 0 Å². The Morgan fingerprint density at radius 3 is 2.60 bits per heavy atom. The first-order chi connectivity index (χ1) is 7.18. The maximum Gasteiger partial charge on any atom is 0.120 e. The summed E-state index contributed by atoms with van der Waals surface area (Å²) in [6, 6.07) is 2.16. The van der Waals surface area contributed by atoms with Gasteiger partial charge in [-0.15, -0.1) is 0 Å². The van der Waals surface area contributed by atoms with E-state index in [9.17, 15) is 0 Å². The minimum atomic E-state index is 0.454. The molecule has 1 N–H and O–H groups in total. The van der Waals surface area contributed by atoms with Crippen molar-refractivity contribution in [1.29, 1.82) is 0 Å². The molecule has 3 heteroatoms. The average molecular weight is 272 g/mol. The molecule has 0 spiro atoms. The molecule has 84 valence electrons. The van der Waals surface area contributed by atoms with E-state index < -0.39 is 0 Å². The van der Waals surface area contributed by atoms with E-state index in [4.69, 9.17) is 4.42 Å². The maximum absolute atomic E-state index is 5.94. The van der Waals surface area contributed by atoms with Crippen molar-refractivity contribution in [2.24, 2.45) is 0 Å². The van der Waals surface area contributed by atoms with Crippen LogP contribution in [0.5, 0.6) is 0 Å². The fourth-order valence-electron chi connectivity index (χ4n) is 2.10. The number of furan rings is 1. The molecule has 0 radical (unpaired) electrons. The summed E-state index contributed by atoms with van der Waals surface area (Å²) < 4.78 is 7.07. The Balaban J connectivity index is 2.17. The molecule has 0 saturated carbocycles. The molecule has 1 fully saturated rings. The van der Waals surface area contributed by atoms with Crippen LogP contribution in [0.1, 0.15) is 50.0 Å². The highest BCUT2D eigenvalue weighted by atomic mass is 79.9. The lowest BCUT2D eigenvalue weighted by molar-refractivity contribution is 0.365. The van der Waals surface area contributed by atoms with Crippen molar-refractivity contribution in [2.45, 2.75) is 38.5 Å². The van der Waals surface area contributed by atoms with Crippen LogP contribution in [0.4, 0.5) is 0 Å². The van der Waals surface area contributed by atoms with E-state index in [2.05, 4.69) is 41.2 Å². The molecule has 1 aliphatic heterocycles. The first-order valence-corrected chi connectivity index (χ1v) is 6.47. The van der Waals surface area contributed by atoms with Gasteiger partial charge >= 0.3 is 0 Å². The lowest BCUT2D eigenvalue weighted by Crippen LogP contribution is -2.26. The predicted octanol–water partition coefficient (Wildman–Crippen LogP) is 3.63. The van der Waals surface area contributed by atoms with Crippen molar-refractivity contribution in [1.82, 2.24) is 5.32 Å². The molecule has 15 heavy (non-hydrogen) atoms. The lowest BCUT2D eigenvalue weighted by Gasteiger charge is -2.20. The minimum Gasteiger partial charge on any atom is -0.464 e. The summed E-state index contributed by atoms with van der Waals surface area (Å²) in [5.74, 6) is 3.31. The van der Waals surface area contributed by atoms with Gasteiger partial charge in [-0.25, -0.2) is 0 Å². The number of nitrogens with one attached hydrogen (secondary N) is 1. The van der Waals surface area contributed by atoms with Gasteiger partial charge in [0.1, 0.15) is 11.5 Å². The molecule has 0 aromatic carbocycles. The summed E-state index contributed by atoms with van der Waals surface area (Å²) in [6.07, 6.45) is 2.38. The van der Waals surface area contributed by atoms with E-state index in [0.717, 1.165) is 29.1 Å². The smallest absolute Gasteiger partial charge is 0.120 e. The first-order valence-electron chi connectivity index (χ1n) is 5.68. The van der Waals surface area contributed by atoms with E-state index in [-0.39, 0.29) is 0 Å². The van der Waals surface area contributed by atoms with Gasteiger partial charge in [0.05, 0.1) is 4.47 Å². The number of hydrogen-bond acceptors (Lipinski definition) is 2. The van der Waals surface area contributed by atoms with Crippen molar-refractivity contribution in [3.05, 3.63) is 22.1 Å². The zero-order valence-electron chi connectivity index (χ0n) is 9.35. The molecule has 2 nitrogen and oxygen atoms in total. The quantitative estimate of drug-likeness (QED) is 0.889. The molecular formula is C12H18BrNO. The second-order valence-electron chi connectivity index (χ2n) is 4.54. The minimum absolute atomic E-state index is 0.454. The van der Waals surface area contributed by atoms with Gasteiger partial charge in [0.25, 0.3) is 0 Å². The third-order valence-electron chi connectivity index (χ3n) is 3.00. The van der Waals surface area contributed by atoms with Gasteiger partial charge in [-0.1, -0.05) is 13.8 Å². The third kappa shape index (κ3) is 2.45. The Labute approximate surface area is 99.6 Å². The Kier molecular flexibility index (Phi) is 3.52. The van der Waals surface area contributed by atoms with Crippen LogP contribution in [0.2, 0.25) is 0 Å². The number of piperidine rings is 1. The summed E-state index contributed by atoms with van der Waals surface area (Å²) in [4.78, 5) is 0. The molecule has 2 rings (SSSR count). The van der Waals surface area contributed by atoms with Crippen LogP contribution in [-0.4, -0.2) is 13.1 Å². The van der Waals surface area contributed by atoms with E-state index in [1.165, 1.54) is 12.8 Å². The van der Waals surface area contributed by atoms with Crippen molar-refractivity contribution >= 4 is 15.9 Å². The standard InChI is InChI=1S/C12H18BrNO/c1-8(2)12-10(13)7-11(15-12)9-3-5-14-6-4-9/h7-9,14H,3-6H2,1-2H3. The van der Waals surface area contributed by atoms with Gasteiger partial charge in [-0.3, -0.25) is 0 Å². The second kappa shape index (κ2) is 4.71. The maximum atomic E-state index is 5.94. The molecule has 0 aliphatic carbocycles. The van der Waals surface area contributed by atoms with E-state index in [1.54, 1.807) is 0 Å². The van der Waals surface area contributed by atoms with Gasteiger partial charge in [-0.05, 0) is 47.9 Å². The van der Waals surface area contributed by atoms with Crippen molar-refractivity contribution in [3.8, 4) is 0 Å². The molecule has 1 saturated heterocycles. The fourth-order valence-corrected chi connectivity index (χ4v) is 2.87. The summed E-state index contributed by atoms with van der Waals surface area (Å²) in [7, 11) is 0. The molecule has 1 aliphatic rings. The van der Waals surface area contributed by atoms with Gasteiger partial charge in [-0.2, -0.15) is 0 Å². The van der Waals surface area contributed by atoms with Crippen molar-refractivity contribution < 1.29 is 4.42 Å². The molecule has 0 atom stereocenters. The van der Waals surface area contributed by atoms with Crippen LogP contribution in [-0.2, 0) is 0 Å². The Bertz CT molecular complexity index is 326. The summed E-state index contributed by atoms with van der Waals surface area (Å²) >= 11 is 3.57. The largest absolute Gasteiger partial charge is 0.464 e. The molecule has 1 aromatic rings. The topological polar surface area (TPSA) is 25.2 Å². The van der Waals surface area contributed by atoms with Crippen molar-refractivity contribution in [2.75, 3.05) is 13.1 Å². The summed E-state index contributed by atoms with van der Waals surface area (Å²) in [5.41, 5.74) is 0. The third-order valence-corrected chi connectivity index (χ3v) is 3.62. The van der Waals surface area contributed by atoms with Crippen LogP contribution in [0, 0.1) is 0 Å². The Morgan fingerprint density at radius 1 is 1.40 bits per heavy atom. The van der Waals surface area contributed by atoms with Crippen LogP contribution >= 0.6 is 15.9 Å². The highest BCUT2D eigenvalue weighted by Crippen LogP contribution is 2.34. The van der Waals surface area contributed by atoms with Gasteiger partial charge in [0.15, 0.2) is 0 Å². The summed E-state index contributed by atoms with van der Waals surface area (Å²) in [5, 5.41) is 3.38. The van der Waals surface area contributed by atoms with Crippen LogP contribution in [0.25, 0.3) is 0 Å². The Morgan fingerprint density at radius 2 is 2.07 bits per heavy atom. The number of hydrogen-bond donors (Lipinski definition) is 1. The predicted molar refractivity (Wildman–Crippen MR) is 65.3 cm³/mol. The molecule has 0 amide bonds. The average Bonchev–Trinajstić information content (AvgIpc) is 2.62. The Hall–Kier alpha value is -0.280. The lowest BCUT2D eigenvalue weighted by atomic mass is 9.96. The zero-order valence-corrected chi connectivity index (χ0v) is 10.9. The number of rotatable bonds is 2. The van der Waals surface area contributed by atoms with E-state index in [0.29, 0.717) is 11.8 Å². The molecular weight excluding hydrogens is 254 g/mol. The molecule has 0 bridgehead atoms. The first kappa shape index (κ1) is 11.2. The van der Waals surface area contributed by atoms with Gasteiger partial charge in [0.2, 0.25) is 0 Å². The van der Waals surface area contributed by atoms with Crippen LogP contribution in [0.15, 0.2) is 15.0 Å². The highest BCUT2D eigenvalue weighted by molar-refractivity contribution is 9.10. The highest BCUT2D eigenvalue weighted by Gasteiger charge is 2.21. The zero-order chi connectivity index (χ0) is 10.8. The molecule has 1 aromatic heterocycles. The second-order valence-corrected chi connectivity index (χ2v) is 5.39. The molecule has 2 heterocycles. The summed E-state index contributed by atoms with van der Waals surface area (Å²) in [6.45, 7) is 6.55. The van der Waals surface area contributed by atoms with Crippen LogP contribution < -0.4 is 5.32 Å². The fraction of sp³-hybridized carbons (Fsp3) is 0.667. The van der Waals surface area contributed by atoms with Gasteiger partial charge in [0, 0.05) is 11.8 Å². The molecule has 0 unspecified atom stereocenters. The SMILES string of the molecule is CC(C)c1oc(C2CCNCC2)cc1Br. The van der Waals surface area contributed by atoms with E-state index in [1.807, 2.05) is 0 Å².